The van der Waals surface area contributed by atoms with Gasteiger partial charge in [0.25, 0.3) is 6.61 Å². The first kappa shape index (κ1) is 14.2. The molecule has 0 aromatic heterocycles. The molecule has 3 nitrogen and oxygen atoms in total. The molecule has 0 saturated carbocycles. The lowest BCUT2D eigenvalue weighted by Crippen LogP contribution is -2.13. The Morgan fingerprint density at radius 3 is 2.62 bits per heavy atom. The van der Waals surface area contributed by atoms with Crippen molar-refractivity contribution in [3.63, 3.8) is 0 Å². The molecule has 0 spiro atoms. The maximum atomic E-state index is 5.84. The number of hydrogen-bond donors (Lipinski definition) is 0. The molecule has 0 radical (unpaired) electrons. The van der Waals surface area contributed by atoms with Gasteiger partial charge >= 0.3 is 5.78 Å². The molecule has 0 N–H and O–H groups in total. The third-order valence-corrected chi connectivity index (χ3v) is 3.91. The van der Waals surface area contributed by atoms with Crippen LogP contribution in [-0.2, 0) is 9.47 Å². The zero-order valence-corrected chi connectivity index (χ0v) is 12.4. The lowest BCUT2D eigenvalue weighted by molar-refractivity contribution is -0.277. The molecule has 0 amide bonds. The summed E-state index contributed by atoms with van der Waals surface area (Å²) in [6.07, 6.45) is 6.31. The second-order valence-electron chi connectivity index (χ2n) is 5.21. The van der Waals surface area contributed by atoms with Gasteiger partial charge in [0.15, 0.2) is 0 Å². The minimum atomic E-state index is 0.574. The van der Waals surface area contributed by atoms with Crippen molar-refractivity contribution < 1.29 is 13.9 Å². The molecule has 1 aliphatic heterocycles. The Morgan fingerprint density at radius 2 is 1.86 bits per heavy atom. The van der Waals surface area contributed by atoms with Gasteiger partial charge < -0.3 is 9.47 Å². The molecule has 0 unspecified atom stereocenters. The van der Waals surface area contributed by atoms with E-state index in [-0.39, 0.29) is 0 Å². The number of ketones is 1. The summed E-state index contributed by atoms with van der Waals surface area (Å²) in [6, 6.07) is 8.45. The van der Waals surface area contributed by atoms with E-state index in [2.05, 4.69) is 36.4 Å². The van der Waals surface area contributed by atoms with Crippen molar-refractivity contribution >= 4 is 11.4 Å². The number of ether oxygens (including phenoxy) is 2. The van der Waals surface area contributed by atoms with Crippen LogP contribution in [0.3, 0.4) is 0 Å². The van der Waals surface area contributed by atoms with Gasteiger partial charge in [0.05, 0.1) is 18.8 Å². The molecule has 3 rings (SSSR count). The zero-order chi connectivity index (χ0) is 14.5. The van der Waals surface area contributed by atoms with Crippen LogP contribution in [0.25, 0.3) is 5.57 Å². The maximum Gasteiger partial charge on any atom is 0.351 e. The Morgan fingerprint density at radius 1 is 1.10 bits per heavy atom. The van der Waals surface area contributed by atoms with Gasteiger partial charge in [-0.2, -0.15) is 0 Å². The van der Waals surface area contributed by atoms with E-state index in [1.54, 1.807) is 7.11 Å². The normalized spacial score (nSPS) is 20.0. The zero-order valence-electron chi connectivity index (χ0n) is 12.4. The molecule has 1 aromatic rings. The summed E-state index contributed by atoms with van der Waals surface area (Å²) in [5.41, 5.74) is 5.27. The second-order valence-corrected chi connectivity index (χ2v) is 5.21. The number of carbonyl (C=O) groups excluding carboxylic acids is 1. The minimum Gasteiger partial charge on any atom is -0.381 e. The van der Waals surface area contributed by atoms with E-state index in [1.807, 2.05) is 0 Å². The summed E-state index contributed by atoms with van der Waals surface area (Å²) in [5.74, 6) is 0.930. The molecule has 0 atom stereocenters. The van der Waals surface area contributed by atoms with Gasteiger partial charge in [-0.3, -0.25) is 4.42 Å². The van der Waals surface area contributed by atoms with Crippen molar-refractivity contribution in [1.82, 2.24) is 0 Å². The molecule has 21 heavy (non-hydrogen) atoms. The molecule has 2 aliphatic rings. The predicted molar refractivity (Wildman–Crippen MR) is 83.6 cm³/mol. The summed E-state index contributed by atoms with van der Waals surface area (Å²) >= 11 is 0. The molecular weight excluding hydrogens is 264 g/mol. The molecule has 3 heteroatoms. The lowest BCUT2D eigenvalue weighted by atomic mass is 9.86. The van der Waals surface area contributed by atoms with Crippen LogP contribution in [-0.4, -0.2) is 39.3 Å². The van der Waals surface area contributed by atoms with Crippen LogP contribution in [0.4, 0.5) is 0 Å². The highest BCUT2D eigenvalue weighted by molar-refractivity contribution is 6.12. The van der Waals surface area contributed by atoms with Gasteiger partial charge in [-0.15, -0.1) is 0 Å². The van der Waals surface area contributed by atoms with Crippen LogP contribution in [0.2, 0.25) is 0 Å². The van der Waals surface area contributed by atoms with Gasteiger partial charge in [-0.05, 0) is 36.1 Å². The quantitative estimate of drug-likeness (QED) is 0.630. The SMILES string of the molecule is COCC[O+]=C1C=CC(=C2CCOCC2)c2ccccc21. The van der Waals surface area contributed by atoms with Crippen LogP contribution < -0.4 is 0 Å². The third-order valence-electron chi connectivity index (χ3n) is 3.91. The van der Waals surface area contributed by atoms with Gasteiger partial charge in [0, 0.05) is 13.2 Å². The second kappa shape index (κ2) is 6.83. The molecule has 110 valence electrons. The first-order valence-electron chi connectivity index (χ1n) is 7.46. The number of allylic oxidation sites excluding steroid dienone is 3. The number of hydrogen-bond acceptors (Lipinski definition) is 2. The lowest BCUT2D eigenvalue weighted by Gasteiger charge is -2.20. The van der Waals surface area contributed by atoms with E-state index in [4.69, 9.17) is 13.9 Å². The topological polar surface area (TPSA) is 29.8 Å². The van der Waals surface area contributed by atoms with Crippen molar-refractivity contribution in [3.05, 3.63) is 53.1 Å². The largest absolute Gasteiger partial charge is 0.381 e. The van der Waals surface area contributed by atoms with E-state index in [9.17, 15) is 0 Å². The maximum absolute atomic E-state index is 5.84. The molecule has 1 heterocycles. The van der Waals surface area contributed by atoms with E-state index in [1.165, 1.54) is 22.3 Å². The molecule has 1 aromatic carbocycles. The summed E-state index contributed by atoms with van der Waals surface area (Å²) in [7, 11) is 1.69. The Hall–Kier alpha value is -1.71. The van der Waals surface area contributed by atoms with Gasteiger partial charge in [-0.1, -0.05) is 23.8 Å². The smallest absolute Gasteiger partial charge is 0.351 e. The number of fused-ring (bicyclic) bond motifs is 1. The van der Waals surface area contributed by atoms with Crippen molar-refractivity contribution in [2.45, 2.75) is 12.8 Å². The van der Waals surface area contributed by atoms with Crippen molar-refractivity contribution in [2.24, 2.45) is 0 Å². The molecule has 1 aliphatic carbocycles. The van der Waals surface area contributed by atoms with E-state index < -0.39 is 0 Å². The standard InChI is InChI=1S/C18H21O3/c1-19-12-13-21-18-7-6-15(14-8-10-20-11-9-14)16-4-2-3-5-17(16)18/h2-7H,8-13H2,1H3/q+1. The molecule has 1 saturated heterocycles. The summed E-state index contributed by atoms with van der Waals surface area (Å²) < 4.78 is 16.4. The van der Waals surface area contributed by atoms with Crippen molar-refractivity contribution in [1.29, 1.82) is 0 Å². The van der Waals surface area contributed by atoms with E-state index >= 15 is 0 Å². The first-order chi connectivity index (χ1) is 10.4. The van der Waals surface area contributed by atoms with Crippen molar-refractivity contribution in [2.75, 3.05) is 33.5 Å². The highest BCUT2D eigenvalue weighted by Gasteiger charge is 2.24. The summed E-state index contributed by atoms with van der Waals surface area (Å²) in [4.78, 5) is 0. The number of methoxy groups -OCH3 is 1. The third kappa shape index (κ3) is 3.14. The van der Waals surface area contributed by atoms with E-state index in [0.717, 1.165) is 31.8 Å². The Labute approximate surface area is 125 Å². The van der Waals surface area contributed by atoms with E-state index in [0.29, 0.717) is 13.2 Å². The molecular formula is C18H21O3+. The highest BCUT2D eigenvalue weighted by Crippen LogP contribution is 2.32. The van der Waals surface area contributed by atoms with Crippen LogP contribution in [0.1, 0.15) is 28.4 Å². The van der Waals surface area contributed by atoms with Gasteiger partial charge in [-0.25, -0.2) is 0 Å². The molecule has 1 fully saturated rings. The van der Waals surface area contributed by atoms with Gasteiger partial charge in [0.1, 0.15) is 6.61 Å². The predicted octanol–water partition coefficient (Wildman–Crippen LogP) is 3.19. The average molecular weight is 285 g/mol. The Kier molecular flexibility index (Phi) is 4.63. The fourth-order valence-electron chi connectivity index (χ4n) is 2.83. The Bertz CT molecular complexity index is 588. The first-order valence-corrected chi connectivity index (χ1v) is 7.46. The average Bonchev–Trinajstić information content (AvgIpc) is 2.56. The fourth-order valence-corrected chi connectivity index (χ4v) is 2.83. The minimum absolute atomic E-state index is 0.574. The summed E-state index contributed by atoms with van der Waals surface area (Å²) in [6.45, 7) is 2.83. The number of rotatable bonds is 3. The number of benzene rings is 1. The highest BCUT2D eigenvalue weighted by atomic mass is 16.5. The Balaban J connectivity index is 1.98. The van der Waals surface area contributed by atoms with Crippen LogP contribution in [0.5, 0.6) is 0 Å². The van der Waals surface area contributed by atoms with Crippen LogP contribution in [0, 0.1) is 0 Å². The monoisotopic (exact) mass is 285 g/mol. The fraction of sp³-hybridized carbons (Fsp3) is 0.389. The van der Waals surface area contributed by atoms with Gasteiger partial charge in [0.2, 0.25) is 0 Å². The van der Waals surface area contributed by atoms with Crippen LogP contribution >= 0.6 is 0 Å². The van der Waals surface area contributed by atoms with Crippen LogP contribution in [0.15, 0.2) is 42.0 Å². The molecule has 0 bridgehead atoms. The summed E-state index contributed by atoms with van der Waals surface area (Å²) in [5, 5.41) is 0. The van der Waals surface area contributed by atoms with Crippen molar-refractivity contribution in [3.8, 4) is 0 Å².